The number of ether oxygens (including phenoxy) is 1. The van der Waals surface area contributed by atoms with Gasteiger partial charge in [-0.15, -0.1) is 0 Å². The maximum Gasteiger partial charge on any atom is 0.0672 e. The summed E-state index contributed by atoms with van der Waals surface area (Å²) >= 11 is 0. The van der Waals surface area contributed by atoms with E-state index in [1.165, 1.54) is 12.8 Å². The second kappa shape index (κ2) is 6.35. The highest BCUT2D eigenvalue weighted by Gasteiger charge is 2.45. The van der Waals surface area contributed by atoms with Gasteiger partial charge in [-0.25, -0.2) is 0 Å². The Hall–Kier alpha value is -0.420. The first-order chi connectivity index (χ1) is 9.06. The van der Waals surface area contributed by atoms with E-state index in [4.69, 9.17) is 10.5 Å². The van der Waals surface area contributed by atoms with Crippen molar-refractivity contribution in [1.82, 2.24) is 10.2 Å². The van der Waals surface area contributed by atoms with Crippen molar-refractivity contribution in [2.45, 2.75) is 50.7 Å². The van der Waals surface area contributed by atoms with E-state index >= 15 is 0 Å². The van der Waals surface area contributed by atoms with E-state index in [0.29, 0.717) is 19.2 Å². The van der Waals surface area contributed by atoms with Gasteiger partial charge in [0.25, 0.3) is 0 Å². The molecule has 2 atom stereocenters. The van der Waals surface area contributed by atoms with Crippen molar-refractivity contribution in [1.29, 1.82) is 0 Å². The third kappa shape index (κ3) is 4.02. The molecule has 1 aliphatic heterocycles. The zero-order valence-corrected chi connectivity index (χ0v) is 12.5. The molecular weight excluding hydrogens is 238 g/mol. The minimum atomic E-state index is 0.0919. The fourth-order valence-electron chi connectivity index (χ4n) is 3.13. The van der Waals surface area contributed by atoms with Gasteiger partial charge in [-0.3, -0.25) is 4.90 Å². The van der Waals surface area contributed by atoms with E-state index in [1.54, 1.807) is 0 Å². The molecule has 1 saturated heterocycles. The third-order valence-electron chi connectivity index (χ3n) is 4.24. The van der Waals surface area contributed by atoms with E-state index in [1.807, 2.05) is 6.92 Å². The van der Waals surface area contributed by atoms with Crippen molar-refractivity contribution >= 4 is 0 Å². The van der Waals surface area contributed by atoms with Crippen LogP contribution in [0.1, 0.15) is 33.1 Å². The summed E-state index contributed by atoms with van der Waals surface area (Å²) in [6.45, 7) is 12.2. The van der Waals surface area contributed by atoms with Crippen LogP contribution in [0, 0.1) is 0 Å². The molecule has 2 unspecified atom stereocenters. The number of likely N-dealkylation sites (tertiary alicyclic amines) is 1. The molecule has 1 heterocycles. The molecule has 2 fully saturated rings. The highest BCUT2D eigenvalue weighted by molar-refractivity contribution is 5.05. The van der Waals surface area contributed by atoms with Gasteiger partial charge in [0.05, 0.1) is 13.2 Å². The second-order valence-electron chi connectivity index (χ2n) is 6.38. The predicted molar refractivity (Wildman–Crippen MR) is 79.2 cm³/mol. The van der Waals surface area contributed by atoms with Gasteiger partial charge in [0.1, 0.15) is 0 Å². The standard InChI is InChI=1S/C15H29N3O/c1-12(2)9-19-7-6-17-15(10-16)8-13(3)18(11-15)14-4-5-14/h13-14,17H,1,4-11,16H2,2-3H3. The molecule has 2 rings (SSSR count). The lowest BCUT2D eigenvalue weighted by atomic mass is 9.96. The lowest BCUT2D eigenvalue weighted by molar-refractivity contribution is 0.147. The van der Waals surface area contributed by atoms with Crippen LogP contribution in [0.15, 0.2) is 12.2 Å². The maximum absolute atomic E-state index is 6.03. The van der Waals surface area contributed by atoms with Crippen molar-refractivity contribution in [3.05, 3.63) is 12.2 Å². The Morgan fingerprint density at radius 3 is 2.84 bits per heavy atom. The quantitative estimate of drug-likeness (QED) is 0.511. The topological polar surface area (TPSA) is 50.5 Å². The lowest BCUT2D eigenvalue weighted by Crippen LogP contribution is -2.54. The van der Waals surface area contributed by atoms with Crippen LogP contribution in [0.3, 0.4) is 0 Å². The Kier molecular flexibility index (Phi) is 5.01. The van der Waals surface area contributed by atoms with Crippen LogP contribution in [0.4, 0.5) is 0 Å². The molecule has 1 aliphatic carbocycles. The average Bonchev–Trinajstić information content (AvgIpc) is 3.14. The first-order valence-electron chi connectivity index (χ1n) is 7.49. The van der Waals surface area contributed by atoms with Crippen molar-refractivity contribution in [3.63, 3.8) is 0 Å². The number of nitrogens with one attached hydrogen (secondary N) is 1. The molecule has 0 amide bonds. The SMILES string of the molecule is C=C(C)COCCNC1(CN)CC(C)N(C2CC2)C1. The smallest absolute Gasteiger partial charge is 0.0672 e. The lowest BCUT2D eigenvalue weighted by Gasteiger charge is -2.29. The molecule has 110 valence electrons. The minimum absolute atomic E-state index is 0.0919. The summed E-state index contributed by atoms with van der Waals surface area (Å²) in [6.07, 6.45) is 3.89. The maximum atomic E-state index is 6.03. The zero-order valence-electron chi connectivity index (χ0n) is 12.5. The Morgan fingerprint density at radius 1 is 1.53 bits per heavy atom. The largest absolute Gasteiger partial charge is 0.376 e. The summed E-state index contributed by atoms with van der Waals surface area (Å²) in [6, 6.07) is 1.48. The summed E-state index contributed by atoms with van der Waals surface area (Å²) in [5, 5.41) is 3.64. The van der Waals surface area contributed by atoms with E-state index in [2.05, 4.69) is 23.7 Å². The highest BCUT2D eigenvalue weighted by atomic mass is 16.5. The van der Waals surface area contributed by atoms with Gasteiger partial charge in [-0.05, 0) is 33.1 Å². The first kappa shape index (κ1) is 15.0. The number of nitrogens with two attached hydrogens (primary N) is 1. The number of nitrogens with zero attached hydrogens (tertiary/aromatic N) is 1. The van der Waals surface area contributed by atoms with Gasteiger partial charge in [0, 0.05) is 37.3 Å². The van der Waals surface area contributed by atoms with Crippen molar-refractivity contribution in [2.75, 3.05) is 32.8 Å². The fourth-order valence-corrected chi connectivity index (χ4v) is 3.13. The molecule has 2 aliphatic rings. The molecule has 0 aromatic heterocycles. The summed E-state index contributed by atoms with van der Waals surface area (Å²) in [7, 11) is 0. The normalized spacial score (nSPS) is 31.8. The average molecular weight is 267 g/mol. The van der Waals surface area contributed by atoms with Crippen molar-refractivity contribution < 1.29 is 4.74 Å². The molecule has 4 heteroatoms. The van der Waals surface area contributed by atoms with Crippen LogP contribution in [0.5, 0.6) is 0 Å². The number of hydrogen-bond acceptors (Lipinski definition) is 4. The Bertz CT molecular complexity index is 317. The van der Waals surface area contributed by atoms with Crippen molar-refractivity contribution in [2.24, 2.45) is 5.73 Å². The van der Waals surface area contributed by atoms with Gasteiger partial charge in [0.15, 0.2) is 0 Å². The third-order valence-corrected chi connectivity index (χ3v) is 4.24. The molecule has 0 aromatic rings. The molecule has 4 nitrogen and oxygen atoms in total. The van der Waals surface area contributed by atoms with Crippen LogP contribution in [-0.2, 0) is 4.74 Å². The van der Waals surface area contributed by atoms with Crippen LogP contribution < -0.4 is 11.1 Å². The fraction of sp³-hybridized carbons (Fsp3) is 0.867. The van der Waals surface area contributed by atoms with E-state index < -0.39 is 0 Å². The molecular formula is C15H29N3O. The predicted octanol–water partition coefficient (Wildman–Crippen LogP) is 1.12. The summed E-state index contributed by atoms with van der Waals surface area (Å²) in [5.41, 5.74) is 7.20. The number of rotatable bonds is 8. The first-order valence-corrected chi connectivity index (χ1v) is 7.49. The molecule has 0 radical (unpaired) electrons. The van der Waals surface area contributed by atoms with Crippen LogP contribution in [0.2, 0.25) is 0 Å². The second-order valence-corrected chi connectivity index (χ2v) is 6.38. The van der Waals surface area contributed by atoms with E-state index in [0.717, 1.165) is 37.7 Å². The summed E-state index contributed by atoms with van der Waals surface area (Å²) in [4.78, 5) is 2.63. The summed E-state index contributed by atoms with van der Waals surface area (Å²) in [5.74, 6) is 0. The zero-order chi connectivity index (χ0) is 13.9. The molecule has 0 spiro atoms. The Labute approximate surface area is 117 Å². The van der Waals surface area contributed by atoms with Gasteiger partial charge in [-0.2, -0.15) is 0 Å². The van der Waals surface area contributed by atoms with Gasteiger partial charge >= 0.3 is 0 Å². The van der Waals surface area contributed by atoms with Crippen LogP contribution in [0.25, 0.3) is 0 Å². The van der Waals surface area contributed by atoms with Crippen LogP contribution >= 0.6 is 0 Å². The molecule has 1 saturated carbocycles. The van der Waals surface area contributed by atoms with Gasteiger partial charge in [-0.1, -0.05) is 12.2 Å². The van der Waals surface area contributed by atoms with Gasteiger partial charge in [0.2, 0.25) is 0 Å². The summed E-state index contributed by atoms with van der Waals surface area (Å²) < 4.78 is 5.54. The highest BCUT2D eigenvalue weighted by Crippen LogP contribution is 2.36. The monoisotopic (exact) mass is 267 g/mol. The van der Waals surface area contributed by atoms with Crippen molar-refractivity contribution in [3.8, 4) is 0 Å². The number of hydrogen-bond donors (Lipinski definition) is 2. The molecule has 0 bridgehead atoms. The minimum Gasteiger partial charge on any atom is -0.376 e. The van der Waals surface area contributed by atoms with Crippen LogP contribution in [-0.4, -0.2) is 55.4 Å². The van der Waals surface area contributed by atoms with Gasteiger partial charge < -0.3 is 15.8 Å². The molecule has 0 aromatic carbocycles. The Balaban J connectivity index is 1.74. The Morgan fingerprint density at radius 2 is 2.26 bits per heavy atom. The van der Waals surface area contributed by atoms with E-state index in [9.17, 15) is 0 Å². The van der Waals surface area contributed by atoms with E-state index in [-0.39, 0.29) is 5.54 Å². The molecule has 3 N–H and O–H groups in total. The molecule has 19 heavy (non-hydrogen) atoms.